The monoisotopic (exact) mass is 338 g/mol. The second-order valence-corrected chi connectivity index (χ2v) is 6.25. The van der Waals surface area contributed by atoms with Crippen LogP contribution in [0.2, 0.25) is 0 Å². The lowest BCUT2D eigenvalue weighted by molar-refractivity contribution is -0.164. The molecule has 5 nitrogen and oxygen atoms in total. The first kappa shape index (κ1) is 19.0. The SMILES string of the molecule is CCCCOCCOCCOCC1(C(C)C)Oc2ccccc2O1. The van der Waals surface area contributed by atoms with Gasteiger partial charge < -0.3 is 23.7 Å². The van der Waals surface area contributed by atoms with Gasteiger partial charge in [-0.1, -0.05) is 39.3 Å². The maximum absolute atomic E-state index is 6.03. The van der Waals surface area contributed by atoms with Crippen molar-refractivity contribution in [1.29, 1.82) is 0 Å². The van der Waals surface area contributed by atoms with Gasteiger partial charge in [-0.25, -0.2) is 0 Å². The molecule has 0 unspecified atom stereocenters. The van der Waals surface area contributed by atoms with Crippen LogP contribution < -0.4 is 9.47 Å². The highest BCUT2D eigenvalue weighted by molar-refractivity contribution is 5.43. The quantitative estimate of drug-likeness (QED) is 0.544. The summed E-state index contributed by atoms with van der Waals surface area (Å²) < 4.78 is 28.7. The van der Waals surface area contributed by atoms with E-state index in [1.54, 1.807) is 0 Å². The molecule has 0 N–H and O–H groups in total. The summed E-state index contributed by atoms with van der Waals surface area (Å²) in [5.74, 6) is 0.954. The third kappa shape index (κ3) is 5.36. The van der Waals surface area contributed by atoms with E-state index >= 15 is 0 Å². The summed E-state index contributed by atoms with van der Waals surface area (Å²) in [7, 11) is 0. The van der Waals surface area contributed by atoms with Crippen molar-refractivity contribution in [2.45, 2.75) is 39.4 Å². The standard InChI is InChI=1S/C19H30O5/c1-4-5-10-20-11-12-21-13-14-22-15-19(16(2)3)23-17-8-6-7-9-18(17)24-19/h6-9,16H,4-5,10-15H2,1-3H3. The number of fused-ring (bicyclic) bond motifs is 1. The van der Waals surface area contributed by atoms with Gasteiger partial charge in [0.05, 0.1) is 26.4 Å². The van der Waals surface area contributed by atoms with E-state index in [-0.39, 0.29) is 5.92 Å². The highest BCUT2D eigenvalue weighted by Crippen LogP contribution is 2.42. The van der Waals surface area contributed by atoms with Crippen molar-refractivity contribution >= 4 is 0 Å². The van der Waals surface area contributed by atoms with Crippen LogP contribution in [-0.2, 0) is 14.2 Å². The zero-order chi connectivity index (χ0) is 17.3. The third-order valence-electron chi connectivity index (χ3n) is 3.98. The molecule has 0 atom stereocenters. The van der Waals surface area contributed by atoms with Crippen molar-refractivity contribution in [2.75, 3.05) is 39.6 Å². The minimum absolute atomic E-state index is 0.165. The molecule has 136 valence electrons. The van der Waals surface area contributed by atoms with Gasteiger partial charge in [0.1, 0.15) is 6.61 Å². The van der Waals surface area contributed by atoms with Crippen molar-refractivity contribution in [3.63, 3.8) is 0 Å². The maximum Gasteiger partial charge on any atom is 0.277 e. The van der Waals surface area contributed by atoms with Crippen LogP contribution in [-0.4, -0.2) is 45.4 Å². The van der Waals surface area contributed by atoms with E-state index in [0.29, 0.717) is 33.0 Å². The Balaban J connectivity index is 1.62. The molecule has 0 bridgehead atoms. The first-order valence-corrected chi connectivity index (χ1v) is 8.88. The summed E-state index contributed by atoms with van der Waals surface area (Å²) in [6.45, 7) is 9.75. The number of hydrogen-bond acceptors (Lipinski definition) is 5. The third-order valence-corrected chi connectivity index (χ3v) is 3.98. The predicted molar refractivity (Wildman–Crippen MR) is 92.6 cm³/mol. The molecule has 2 rings (SSSR count). The van der Waals surface area contributed by atoms with E-state index in [1.165, 1.54) is 0 Å². The van der Waals surface area contributed by atoms with Crippen molar-refractivity contribution in [3.05, 3.63) is 24.3 Å². The molecule has 0 fully saturated rings. The lowest BCUT2D eigenvalue weighted by Gasteiger charge is -2.31. The minimum atomic E-state index is -0.757. The van der Waals surface area contributed by atoms with E-state index in [9.17, 15) is 0 Å². The van der Waals surface area contributed by atoms with Gasteiger partial charge in [0.2, 0.25) is 0 Å². The molecule has 0 amide bonds. The normalized spacial score (nSPS) is 15.2. The fourth-order valence-corrected chi connectivity index (χ4v) is 2.37. The molecule has 1 aromatic carbocycles. The Morgan fingerprint density at radius 3 is 1.96 bits per heavy atom. The van der Waals surface area contributed by atoms with Gasteiger partial charge in [-0.2, -0.15) is 0 Å². The average molecular weight is 338 g/mol. The topological polar surface area (TPSA) is 46.2 Å². The van der Waals surface area contributed by atoms with Crippen LogP contribution in [0.5, 0.6) is 11.5 Å². The van der Waals surface area contributed by atoms with Gasteiger partial charge in [0.25, 0.3) is 5.79 Å². The van der Waals surface area contributed by atoms with Crippen molar-refractivity contribution < 1.29 is 23.7 Å². The molecule has 1 aliphatic rings. The molecule has 5 heteroatoms. The lowest BCUT2D eigenvalue weighted by Crippen LogP contribution is -2.48. The predicted octanol–water partition coefficient (Wildman–Crippen LogP) is 3.66. The highest BCUT2D eigenvalue weighted by Gasteiger charge is 2.44. The van der Waals surface area contributed by atoms with Crippen LogP contribution in [0, 0.1) is 5.92 Å². The number of rotatable bonds is 12. The van der Waals surface area contributed by atoms with Crippen molar-refractivity contribution in [3.8, 4) is 11.5 Å². The Kier molecular flexibility index (Phi) is 7.82. The Morgan fingerprint density at radius 1 is 0.875 bits per heavy atom. The van der Waals surface area contributed by atoms with Gasteiger partial charge in [-0.3, -0.25) is 0 Å². The highest BCUT2D eigenvalue weighted by atomic mass is 16.8. The number of ether oxygens (including phenoxy) is 5. The van der Waals surface area contributed by atoms with Crippen LogP contribution >= 0.6 is 0 Å². The summed E-state index contributed by atoms with van der Waals surface area (Å²) in [5.41, 5.74) is 0. The molecule has 0 spiro atoms. The zero-order valence-electron chi connectivity index (χ0n) is 15.1. The molecule has 24 heavy (non-hydrogen) atoms. The Labute approximate surface area is 145 Å². The van der Waals surface area contributed by atoms with Gasteiger partial charge in [-0.15, -0.1) is 0 Å². The summed E-state index contributed by atoms with van der Waals surface area (Å²) in [6, 6.07) is 7.72. The fraction of sp³-hybridized carbons (Fsp3) is 0.684. The van der Waals surface area contributed by atoms with Crippen molar-refractivity contribution in [1.82, 2.24) is 0 Å². The molecule has 1 aliphatic heterocycles. The minimum Gasteiger partial charge on any atom is -0.446 e. The Morgan fingerprint density at radius 2 is 1.42 bits per heavy atom. The largest absolute Gasteiger partial charge is 0.446 e. The van der Waals surface area contributed by atoms with Crippen LogP contribution in [0.1, 0.15) is 33.6 Å². The van der Waals surface area contributed by atoms with E-state index in [0.717, 1.165) is 30.9 Å². The second kappa shape index (κ2) is 9.87. The molecule has 1 heterocycles. The summed E-state index contributed by atoms with van der Waals surface area (Å²) >= 11 is 0. The Bertz CT molecular complexity index is 450. The summed E-state index contributed by atoms with van der Waals surface area (Å²) in [6.07, 6.45) is 2.25. The van der Waals surface area contributed by atoms with Gasteiger partial charge in [-0.05, 0) is 18.6 Å². The summed E-state index contributed by atoms with van der Waals surface area (Å²) in [4.78, 5) is 0. The molecular weight excluding hydrogens is 308 g/mol. The fourth-order valence-electron chi connectivity index (χ4n) is 2.37. The molecule has 1 aromatic rings. The molecule has 0 aromatic heterocycles. The molecular formula is C19H30O5. The van der Waals surface area contributed by atoms with Gasteiger partial charge in [0.15, 0.2) is 11.5 Å². The van der Waals surface area contributed by atoms with E-state index in [4.69, 9.17) is 23.7 Å². The Hall–Kier alpha value is -1.30. The van der Waals surface area contributed by atoms with Crippen LogP contribution in [0.3, 0.4) is 0 Å². The molecule has 0 saturated heterocycles. The lowest BCUT2D eigenvalue weighted by atomic mass is 10.0. The van der Waals surface area contributed by atoms with Gasteiger partial charge in [0, 0.05) is 12.5 Å². The molecule has 0 aliphatic carbocycles. The van der Waals surface area contributed by atoms with E-state index in [2.05, 4.69) is 20.8 Å². The number of hydrogen-bond donors (Lipinski definition) is 0. The maximum atomic E-state index is 6.03. The first-order valence-electron chi connectivity index (χ1n) is 8.88. The first-order chi connectivity index (χ1) is 11.7. The van der Waals surface area contributed by atoms with Gasteiger partial charge >= 0.3 is 0 Å². The van der Waals surface area contributed by atoms with Crippen molar-refractivity contribution in [2.24, 2.45) is 5.92 Å². The van der Waals surface area contributed by atoms with Crippen LogP contribution in [0.25, 0.3) is 0 Å². The summed E-state index contributed by atoms with van der Waals surface area (Å²) in [5, 5.41) is 0. The van der Waals surface area contributed by atoms with Crippen LogP contribution in [0.15, 0.2) is 24.3 Å². The molecule has 0 radical (unpaired) electrons. The van der Waals surface area contributed by atoms with E-state index in [1.807, 2.05) is 24.3 Å². The number of benzene rings is 1. The zero-order valence-corrected chi connectivity index (χ0v) is 15.1. The number of para-hydroxylation sites is 2. The average Bonchev–Trinajstić information content (AvgIpc) is 2.96. The molecule has 0 saturated carbocycles. The van der Waals surface area contributed by atoms with E-state index < -0.39 is 5.79 Å². The number of unbranched alkanes of at least 4 members (excludes halogenated alkanes) is 1. The smallest absolute Gasteiger partial charge is 0.277 e. The second-order valence-electron chi connectivity index (χ2n) is 6.25. The van der Waals surface area contributed by atoms with Crippen LogP contribution in [0.4, 0.5) is 0 Å².